The molecular formula is C21H28N2O6S. The van der Waals surface area contributed by atoms with Crippen molar-refractivity contribution < 1.29 is 27.4 Å². The van der Waals surface area contributed by atoms with Crippen molar-refractivity contribution in [3.05, 3.63) is 47.5 Å². The van der Waals surface area contributed by atoms with Gasteiger partial charge in [0.25, 0.3) is 0 Å². The molecule has 0 saturated carbocycles. The van der Waals surface area contributed by atoms with Crippen molar-refractivity contribution in [1.82, 2.24) is 9.62 Å². The van der Waals surface area contributed by atoms with Crippen molar-refractivity contribution in [3.8, 4) is 17.2 Å². The lowest BCUT2D eigenvalue weighted by atomic mass is 10.1. The van der Waals surface area contributed by atoms with E-state index in [4.69, 9.17) is 14.2 Å². The van der Waals surface area contributed by atoms with Crippen LogP contribution in [0.2, 0.25) is 0 Å². The Kier molecular flexibility index (Phi) is 8.08. The summed E-state index contributed by atoms with van der Waals surface area (Å²) >= 11 is 0. The van der Waals surface area contributed by atoms with Gasteiger partial charge in [-0.15, -0.1) is 0 Å². The molecule has 0 heterocycles. The van der Waals surface area contributed by atoms with Gasteiger partial charge in [-0.25, -0.2) is 8.42 Å². The van der Waals surface area contributed by atoms with Gasteiger partial charge in [0.15, 0.2) is 11.5 Å². The van der Waals surface area contributed by atoms with Crippen molar-refractivity contribution >= 4 is 15.9 Å². The Labute approximate surface area is 177 Å². The molecule has 0 radical (unpaired) electrons. The Bertz CT molecular complexity index is 991. The van der Waals surface area contributed by atoms with Crippen LogP contribution in [0.25, 0.3) is 0 Å². The monoisotopic (exact) mass is 436 g/mol. The zero-order valence-electron chi connectivity index (χ0n) is 17.9. The summed E-state index contributed by atoms with van der Waals surface area (Å²) in [6.45, 7) is 1.85. The summed E-state index contributed by atoms with van der Waals surface area (Å²) in [5, 5.41) is 2.74. The predicted octanol–water partition coefficient (Wildman–Crippen LogP) is 2.00. The molecule has 0 fully saturated rings. The van der Waals surface area contributed by atoms with Gasteiger partial charge in [0, 0.05) is 13.6 Å². The van der Waals surface area contributed by atoms with Crippen molar-refractivity contribution in [3.63, 3.8) is 0 Å². The van der Waals surface area contributed by atoms with Gasteiger partial charge < -0.3 is 19.5 Å². The van der Waals surface area contributed by atoms with Crippen LogP contribution in [0.4, 0.5) is 0 Å². The van der Waals surface area contributed by atoms with Crippen LogP contribution < -0.4 is 19.5 Å². The number of benzene rings is 2. The highest BCUT2D eigenvalue weighted by molar-refractivity contribution is 7.89. The molecule has 0 aromatic heterocycles. The largest absolute Gasteiger partial charge is 0.496 e. The van der Waals surface area contributed by atoms with E-state index in [1.165, 1.54) is 26.3 Å². The molecule has 0 saturated heterocycles. The first-order valence-electron chi connectivity index (χ1n) is 9.31. The second-order valence-corrected chi connectivity index (χ2v) is 8.73. The molecule has 2 aromatic rings. The molecule has 0 aliphatic rings. The summed E-state index contributed by atoms with van der Waals surface area (Å²) in [6.07, 6.45) is 0.570. The van der Waals surface area contributed by atoms with Gasteiger partial charge in [0.1, 0.15) is 5.75 Å². The van der Waals surface area contributed by atoms with Gasteiger partial charge in [-0.05, 0) is 54.8 Å². The van der Waals surface area contributed by atoms with Gasteiger partial charge in [-0.1, -0.05) is 6.07 Å². The summed E-state index contributed by atoms with van der Waals surface area (Å²) in [4.78, 5) is 12.3. The van der Waals surface area contributed by atoms with E-state index in [9.17, 15) is 13.2 Å². The molecule has 8 nitrogen and oxygen atoms in total. The molecule has 0 bridgehead atoms. The molecule has 30 heavy (non-hydrogen) atoms. The number of hydrogen-bond donors (Lipinski definition) is 1. The van der Waals surface area contributed by atoms with Crippen LogP contribution in [-0.2, 0) is 21.2 Å². The van der Waals surface area contributed by atoms with E-state index in [0.717, 1.165) is 9.87 Å². The average molecular weight is 437 g/mol. The summed E-state index contributed by atoms with van der Waals surface area (Å²) in [5.74, 6) is 1.46. The van der Waals surface area contributed by atoms with Crippen LogP contribution in [0.5, 0.6) is 17.2 Å². The first-order valence-corrected chi connectivity index (χ1v) is 10.8. The highest BCUT2D eigenvalue weighted by Crippen LogP contribution is 2.27. The molecule has 0 aliphatic carbocycles. The van der Waals surface area contributed by atoms with E-state index in [2.05, 4.69) is 5.32 Å². The fourth-order valence-corrected chi connectivity index (χ4v) is 4.13. The predicted molar refractivity (Wildman–Crippen MR) is 114 cm³/mol. The third kappa shape index (κ3) is 5.64. The molecule has 2 aromatic carbocycles. The zero-order valence-corrected chi connectivity index (χ0v) is 18.7. The molecule has 164 valence electrons. The summed E-state index contributed by atoms with van der Waals surface area (Å²) in [6, 6.07) is 10.1. The Hall–Kier alpha value is -2.78. The van der Waals surface area contributed by atoms with E-state index in [1.54, 1.807) is 33.3 Å². The van der Waals surface area contributed by atoms with Crippen molar-refractivity contribution in [1.29, 1.82) is 0 Å². The lowest BCUT2D eigenvalue weighted by molar-refractivity contribution is -0.121. The van der Waals surface area contributed by atoms with Gasteiger partial charge in [0.05, 0.1) is 32.8 Å². The minimum absolute atomic E-state index is 0.112. The smallest absolute Gasteiger partial charge is 0.243 e. The molecule has 1 amide bonds. The van der Waals surface area contributed by atoms with Crippen molar-refractivity contribution in [2.45, 2.75) is 18.2 Å². The number of aryl methyl sites for hydroxylation is 1. The molecule has 0 spiro atoms. The lowest BCUT2D eigenvalue weighted by Gasteiger charge is -2.18. The Morgan fingerprint density at radius 2 is 1.60 bits per heavy atom. The Balaban J connectivity index is 1.93. The number of amides is 1. The van der Waals surface area contributed by atoms with Gasteiger partial charge in [-0.3, -0.25) is 4.79 Å². The molecule has 9 heteroatoms. The fraction of sp³-hybridized carbons (Fsp3) is 0.381. The molecule has 0 unspecified atom stereocenters. The highest BCUT2D eigenvalue weighted by Gasteiger charge is 2.23. The molecular weight excluding hydrogens is 408 g/mol. The van der Waals surface area contributed by atoms with Crippen LogP contribution in [0.3, 0.4) is 0 Å². The van der Waals surface area contributed by atoms with Gasteiger partial charge >= 0.3 is 0 Å². The van der Waals surface area contributed by atoms with Crippen LogP contribution >= 0.6 is 0 Å². The lowest BCUT2D eigenvalue weighted by Crippen LogP contribution is -2.39. The van der Waals surface area contributed by atoms with Crippen LogP contribution in [0, 0.1) is 6.92 Å². The number of nitrogens with zero attached hydrogens (tertiary/aromatic N) is 1. The summed E-state index contributed by atoms with van der Waals surface area (Å²) in [5.41, 5.74) is 1.66. The summed E-state index contributed by atoms with van der Waals surface area (Å²) in [7, 11) is 2.24. The minimum atomic E-state index is -3.79. The van der Waals surface area contributed by atoms with Gasteiger partial charge in [0.2, 0.25) is 15.9 Å². The first kappa shape index (κ1) is 23.5. The van der Waals surface area contributed by atoms with Crippen LogP contribution in [0.1, 0.15) is 11.1 Å². The van der Waals surface area contributed by atoms with Crippen LogP contribution in [-0.4, -0.2) is 60.1 Å². The maximum Gasteiger partial charge on any atom is 0.243 e. The molecule has 1 N–H and O–H groups in total. The number of hydrogen-bond acceptors (Lipinski definition) is 6. The number of carbonyl (C=O) groups excluding carboxylic acids is 1. The van der Waals surface area contributed by atoms with Crippen molar-refractivity contribution in [2.24, 2.45) is 0 Å². The molecule has 0 aliphatic heterocycles. The SMILES string of the molecule is COc1ccc(S(=O)(=O)N(C)CC(=O)NCCc2ccc(OC)c(OC)c2)cc1C. The maximum atomic E-state index is 12.7. The number of ether oxygens (including phenoxy) is 3. The number of sulfonamides is 1. The third-order valence-electron chi connectivity index (χ3n) is 4.62. The third-order valence-corrected chi connectivity index (χ3v) is 6.42. The second-order valence-electron chi connectivity index (χ2n) is 6.68. The van der Waals surface area contributed by atoms with Crippen LogP contribution in [0.15, 0.2) is 41.3 Å². The van der Waals surface area contributed by atoms with E-state index in [0.29, 0.717) is 35.8 Å². The van der Waals surface area contributed by atoms with E-state index in [-0.39, 0.29) is 17.3 Å². The summed E-state index contributed by atoms with van der Waals surface area (Å²) < 4.78 is 42.1. The average Bonchev–Trinajstić information content (AvgIpc) is 2.73. The maximum absolute atomic E-state index is 12.7. The standard InChI is InChI=1S/C21H28N2O6S/c1-15-12-17(7-9-18(15)27-3)30(25,26)23(2)14-21(24)22-11-10-16-6-8-19(28-4)20(13-16)29-5/h6-9,12-13H,10-11,14H2,1-5H3,(H,22,24). The quantitative estimate of drug-likeness (QED) is 0.612. The van der Waals surface area contributed by atoms with Crippen molar-refractivity contribution in [2.75, 3.05) is 41.5 Å². The van der Waals surface area contributed by atoms with E-state index < -0.39 is 10.0 Å². The number of carbonyl (C=O) groups is 1. The molecule has 0 atom stereocenters. The van der Waals surface area contributed by atoms with E-state index in [1.807, 2.05) is 12.1 Å². The number of nitrogens with one attached hydrogen (secondary N) is 1. The Morgan fingerprint density at radius 1 is 0.967 bits per heavy atom. The topological polar surface area (TPSA) is 94.2 Å². The minimum Gasteiger partial charge on any atom is -0.496 e. The molecule has 2 rings (SSSR count). The van der Waals surface area contributed by atoms with Gasteiger partial charge in [-0.2, -0.15) is 4.31 Å². The number of likely N-dealkylation sites (N-methyl/N-ethyl adjacent to an activating group) is 1. The number of rotatable bonds is 10. The fourth-order valence-electron chi connectivity index (χ4n) is 2.92. The number of methoxy groups -OCH3 is 3. The Morgan fingerprint density at radius 3 is 2.20 bits per heavy atom. The first-order chi connectivity index (χ1) is 14.2. The zero-order chi connectivity index (χ0) is 22.3. The normalized spacial score (nSPS) is 11.3. The second kappa shape index (κ2) is 10.3. The highest BCUT2D eigenvalue weighted by atomic mass is 32.2. The van der Waals surface area contributed by atoms with E-state index >= 15 is 0 Å².